The number of fused-ring (bicyclic) bond motifs is 1. The summed E-state index contributed by atoms with van der Waals surface area (Å²) < 4.78 is 23.0. The lowest BCUT2D eigenvalue weighted by atomic mass is 10.0. The van der Waals surface area contributed by atoms with Gasteiger partial charge in [0.25, 0.3) is 0 Å². The fourth-order valence-electron chi connectivity index (χ4n) is 4.31. The first-order valence-electron chi connectivity index (χ1n) is 11.3. The van der Waals surface area contributed by atoms with Crippen molar-refractivity contribution in [3.05, 3.63) is 67.0 Å². The third-order valence-electron chi connectivity index (χ3n) is 6.33. The van der Waals surface area contributed by atoms with Crippen molar-refractivity contribution in [2.24, 2.45) is 5.14 Å². The SMILES string of the molecule is CN(C)[C@@H]1CCN(c2ccc(-c3cccc4cnc(Nc5ccc(S(N)(=O)=O)cc5)nc34)cn2)C1. The number of hydrogen-bond donors (Lipinski definition) is 2. The average molecular weight is 490 g/mol. The minimum Gasteiger partial charge on any atom is -0.355 e. The summed E-state index contributed by atoms with van der Waals surface area (Å²) in [5.41, 5.74) is 3.39. The van der Waals surface area contributed by atoms with Crippen LogP contribution in [0.25, 0.3) is 22.0 Å². The van der Waals surface area contributed by atoms with Crippen molar-refractivity contribution in [3.63, 3.8) is 0 Å². The van der Waals surface area contributed by atoms with E-state index in [1.165, 1.54) is 12.1 Å². The second-order valence-electron chi connectivity index (χ2n) is 8.89. The number of pyridine rings is 1. The number of rotatable bonds is 6. The molecule has 4 aromatic rings. The molecular formula is C25H27N7O2S. The zero-order valence-electron chi connectivity index (χ0n) is 19.6. The monoisotopic (exact) mass is 489 g/mol. The van der Waals surface area contributed by atoms with Gasteiger partial charge in [0.2, 0.25) is 16.0 Å². The van der Waals surface area contributed by atoms with Gasteiger partial charge in [0.05, 0.1) is 10.4 Å². The normalized spacial score (nSPS) is 16.2. The first kappa shape index (κ1) is 23.2. The first-order chi connectivity index (χ1) is 16.8. The molecule has 0 aliphatic carbocycles. The highest BCUT2D eigenvalue weighted by atomic mass is 32.2. The van der Waals surface area contributed by atoms with Crippen LogP contribution in [0.15, 0.2) is 71.9 Å². The Balaban J connectivity index is 1.40. The summed E-state index contributed by atoms with van der Waals surface area (Å²) in [6.45, 7) is 1.98. The molecule has 0 spiro atoms. The summed E-state index contributed by atoms with van der Waals surface area (Å²) in [5, 5.41) is 9.21. The highest BCUT2D eigenvalue weighted by Crippen LogP contribution is 2.29. The van der Waals surface area contributed by atoms with E-state index >= 15 is 0 Å². The van der Waals surface area contributed by atoms with E-state index in [4.69, 9.17) is 15.1 Å². The second-order valence-corrected chi connectivity index (χ2v) is 10.5. The molecule has 2 aromatic carbocycles. The van der Waals surface area contributed by atoms with Crippen molar-refractivity contribution in [3.8, 4) is 11.1 Å². The van der Waals surface area contributed by atoms with Crippen LogP contribution in [0.2, 0.25) is 0 Å². The van der Waals surface area contributed by atoms with Gasteiger partial charge in [-0.2, -0.15) is 0 Å². The van der Waals surface area contributed by atoms with Crippen molar-refractivity contribution in [2.75, 3.05) is 37.4 Å². The number of hydrogen-bond acceptors (Lipinski definition) is 8. The predicted octanol–water partition coefficient (Wildman–Crippen LogP) is 3.22. The van der Waals surface area contributed by atoms with E-state index in [1.807, 2.05) is 24.4 Å². The van der Waals surface area contributed by atoms with Gasteiger partial charge in [0, 0.05) is 53.7 Å². The summed E-state index contributed by atoms with van der Waals surface area (Å²) >= 11 is 0. The Labute approximate surface area is 204 Å². The van der Waals surface area contributed by atoms with E-state index in [0.29, 0.717) is 17.7 Å². The summed E-state index contributed by atoms with van der Waals surface area (Å²) in [5.74, 6) is 1.39. The Morgan fingerprint density at radius 2 is 1.83 bits per heavy atom. The highest BCUT2D eigenvalue weighted by molar-refractivity contribution is 7.89. The topological polar surface area (TPSA) is 117 Å². The molecular weight excluding hydrogens is 462 g/mol. The molecule has 1 aliphatic rings. The Hall–Kier alpha value is -3.60. The Kier molecular flexibility index (Phi) is 6.10. The van der Waals surface area contributed by atoms with Crippen molar-refractivity contribution >= 4 is 38.4 Å². The Morgan fingerprint density at radius 3 is 2.49 bits per heavy atom. The van der Waals surface area contributed by atoms with E-state index in [0.717, 1.165) is 47.4 Å². The molecule has 1 aliphatic heterocycles. The van der Waals surface area contributed by atoms with Crippen LogP contribution >= 0.6 is 0 Å². The lowest BCUT2D eigenvalue weighted by Crippen LogP contribution is -2.31. The van der Waals surface area contributed by atoms with Gasteiger partial charge in [-0.05, 0) is 56.9 Å². The number of para-hydroxylation sites is 1. The smallest absolute Gasteiger partial charge is 0.238 e. The van der Waals surface area contributed by atoms with Gasteiger partial charge < -0.3 is 15.1 Å². The highest BCUT2D eigenvalue weighted by Gasteiger charge is 2.24. The van der Waals surface area contributed by atoms with Crippen molar-refractivity contribution in [2.45, 2.75) is 17.4 Å². The number of nitrogens with two attached hydrogens (primary N) is 1. The summed E-state index contributed by atoms with van der Waals surface area (Å²) in [6.07, 6.45) is 4.80. The molecule has 0 radical (unpaired) electrons. The fraction of sp³-hybridized carbons (Fsp3) is 0.240. The number of likely N-dealkylation sites (N-methyl/N-ethyl adjacent to an activating group) is 1. The molecule has 0 amide bonds. The maximum absolute atomic E-state index is 11.5. The molecule has 5 rings (SSSR count). The van der Waals surface area contributed by atoms with Crippen LogP contribution < -0.4 is 15.4 Å². The quantitative estimate of drug-likeness (QED) is 0.424. The van der Waals surface area contributed by atoms with Crippen LogP contribution in [0.1, 0.15) is 6.42 Å². The van der Waals surface area contributed by atoms with Crippen LogP contribution in [0.3, 0.4) is 0 Å². The number of anilines is 3. The lowest BCUT2D eigenvalue weighted by Gasteiger charge is -2.21. The van der Waals surface area contributed by atoms with Gasteiger partial charge in [-0.15, -0.1) is 0 Å². The average Bonchev–Trinajstić information content (AvgIpc) is 3.34. The predicted molar refractivity (Wildman–Crippen MR) is 138 cm³/mol. The van der Waals surface area contributed by atoms with Crippen molar-refractivity contribution in [1.82, 2.24) is 19.9 Å². The number of nitrogens with zero attached hydrogens (tertiary/aromatic N) is 5. The molecule has 3 heterocycles. The minimum absolute atomic E-state index is 0.0480. The maximum atomic E-state index is 11.5. The first-order valence-corrected chi connectivity index (χ1v) is 12.9. The van der Waals surface area contributed by atoms with E-state index in [-0.39, 0.29) is 4.90 Å². The third-order valence-corrected chi connectivity index (χ3v) is 7.26. The van der Waals surface area contributed by atoms with Gasteiger partial charge >= 0.3 is 0 Å². The van der Waals surface area contributed by atoms with Gasteiger partial charge in [0.1, 0.15) is 5.82 Å². The third kappa shape index (κ3) is 4.95. The summed E-state index contributed by atoms with van der Waals surface area (Å²) in [4.78, 5) is 18.5. The number of benzene rings is 2. The van der Waals surface area contributed by atoms with Crippen LogP contribution in [-0.2, 0) is 10.0 Å². The van der Waals surface area contributed by atoms with Crippen LogP contribution in [0, 0.1) is 0 Å². The summed E-state index contributed by atoms with van der Waals surface area (Å²) in [6, 6.07) is 16.8. The molecule has 0 unspecified atom stereocenters. The number of aromatic nitrogens is 3. The van der Waals surface area contributed by atoms with E-state index < -0.39 is 10.0 Å². The number of primary sulfonamides is 1. The molecule has 1 atom stereocenters. The van der Waals surface area contributed by atoms with E-state index in [2.05, 4.69) is 46.3 Å². The lowest BCUT2D eigenvalue weighted by molar-refractivity contribution is 0.315. The fourth-order valence-corrected chi connectivity index (χ4v) is 4.83. The Morgan fingerprint density at radius 1 is 1.03 bits per heavy atom. The molecule has 180 valence electrons. The van der Waals surface area contributed by atoms with E-state index in [9.17, 15) is 8.42 Å². The zero-order valence-corrected chi connectivity index (χ0v) is 20.4. The van der Waals surface area contributed by atoms with Crippen molar-refractivity contribution < 1.29 is 8.42 Å². The van der Waals surface area contributed by atoms with Gasteiger partial charge in [-0.25, -0.2) is 28.5 Å². The second kappa shape index (κ2) is 9.21. The molecule has 0 saturated carbocycles. The molecule has 35 heavy (non-hydrogen) atoms. The molecule has 1 fully saturated rings. The molecule has 0 bridgehead atoms. The van der Waals surface area contributed by atoms with Crippen molar-refractivity contribution in [1.29, 1.82) is 0 Å². The molecule has 9 nitrogen and oxygen atoms in total. The van der Waals surface area contributed by atoms with E-state index in [1.54, 1.807) is 18.3 Å². The maximum Gasteiger partial charge on any atom is 0.238 e. The largest absolute Gasteiger partial charge is 0.355 e. The zero-order chi connectivity index (χ0) is 24.6. The summed E-state index contributed by atoms with van der Waals surface area (Å²) in [7, 11) is 0.499. The number of sulfonamides is 1. The van der Waals surface area contributed by atoms with Crippen LogP contribution in [-0.4, -0.2) is 61.5 Å². The minimum atomic E-state index is -3.74. The molecule has 10 heteroatoms. The standard InChI is InChI=1S/C25H27N7O2S/c1-31(2)20-12-13-32(16-20)23-11-6-17(14-27-23)22-5-3-4-18-15-28-25(30-24(18)22)29-19-7-9-21(10-8-19)35(26,33)34/h3-11,14-15,20H,12-13,16H2,1-2H3,(H2,26,33,34)(H,28,29,30)/t20-/m1/s1. The number of nitrogens with one attached hydrogen (secondary N) is 1. The van der Waals surface area contributed by atoms with Gasteiger partial charge in [0.15, 0.2) is 0 Å². The van der Waals surface area contributed by atoms with Crippen LogP contribution in [0.4, 0.5) is 17.5 Å². The molecule has 1 saturated heterocycles. The van der Waals surface area contributed by atoms with Crippen LogP contribution in [0.5, 0.6) is 0 Å². The van der Waals surface area contributed by atoms with Gasteiger partial charge in [-0.1, -0.05) is 18.2 Å². The molecule has 2 aromatic heterocycles. The Bertz CT molecular complexity index is 1460. The van der Waals surface area contributed by atoms with Gasteiger partial charge in [-0.3, -0.25) is 0 Å². The molecule has 3 N–H and O–H groups in total.